The van der Waals surface area contributed by atoms with Crippen molar-refractivity contribution in [3.8, 4) is 0 Å². The van der Waals surface area contributed by atoms with Crippen LogP contribution >= 0.6 is 0 Å². The molecule has 0 radical (unpaired) electrons. The second-order valence-corrected chi connectivity index (χ2v) is 9.69. The number of aliphatic hydroxyl groups is 2. The van der Waals surface area contributed by atoms with Gasteiger partial charge >= 0.3 is 0 Å². The summed E-state index contributed by atoms with van der Waals surface area (Å²) in [7, 11) is 3.37. The number of hydrogen-bond acceptors (Lipinski definition) is 10. The summed E-state index contributed by atoms with van der Waals surface area (Å²) in [6, 6.07) is -0.978. The molecule has 5 fully saturated rings. The molecule has 31 heavy (non-hydrogen) atoms. The number of likely N-dealkylation sites (N-methyl/N-ethyl adjacent to an activating group) is 1. The van der Waals surface area contributed by atoms with Crippen LogP contribution in [0.3, 0.4) is 0 Å². The molecule has 0 spiro atoms. The first kappa shape index (κ1) is 18.7. The van der Waals surface area contributed by atoms with E-state index in [-0.39, 0.29) is 52.9 Å². The zero-order valence-electron chi connectivity index (χ0n) is 17.5. The smallest absolute Gasteiger partial charge is 0.229 e. The monoisotopic (exact) mass is 431 g/mol. The molecule has 10 heteroatoms. The summed E-state index contributed by atoms with van der Waals surface area (Å²) in [4.78, 5) is 33.6. The topological polar surface area (TPSA) is 112 Å². The van der Waals surface area contributed by atoms with Crippen molar-refractivity contribution in [3.05, 3.63) is 22.6 Å². The minimum Gasteiger partial charge on any atom is -0.492 e. The first-order valence-electron chi connectivity index (χ1n) is 10.8. The van der Waals surface area contributed by atoms with E-state index in [0.29, 0.717) is 13.2 Å². The molecule has 6 heterocycles. The molecule has 0 amide bonds. The zero-order chi connectivity index (χ0) is 21.6. The highest BCUT2D eigenvalue weighted by atomic mass is 16.6. The van der Waals surface area contributed by atoms with E-state index in [1.807, 2.05) is 11.9 Å². The number of Topliss-reactive ketones (excluding diaryl/α,β-unsaturated/α-hetero) is 2. The van der Waals surface area contributed by atoms with Crippen LogP contribution in [0.15, 0.2) is 22.6 Å². The van der Waals surface area contributed by atoms with Crippen molar-refractivity contribution in [2.75, 3.05) is 27.3 Å². The van der Waals surface area contributed by atoms with E-state index in [1.165, 1.54) is 14.0 Å². The number of rotatable bonds is 1. The van der Waals surface area contributed by atoms with Gasteiger partial charge in [0.1, 0.15) is 12.5 Å². The van der Waals surface area contributed by atoms with Crippen LogP contribution in [0.4, 0.5) is 0 Å². The summed E-state index contributed by atoms with van der Waals surface area (Å²) in [5, 5.41) is 23.1. The minimum atomic E-state index is -2.11. The van der Waals surface area contributed by atoms with E-state index in [0.717, 1.165) is 6.42 Å². The van der Waals surface area contributed by atoms with Gasteiger partial charge in [0, 0.05) is 24.1 Å². The predicted octanol–water partition coefficient (Wildman–Crippen LogP) is -1.85. The van der Waals surface area contributed by atoms with Gasteiger partial charge < -0.3 is 29.3 Å². The molecule has 0 saturated carbocycles. The van der Waals surface area contributed by atoms with Crippen molar-refractivity contribution < 1.29 is 34.0 Å². The largest absolute Gasteiger partial charge is 0.492 e. The van der Waals surface area contributed by atoms with Crippen LogP contribution in [0.25, 0.3) is 0 Å². The number of fused-ring (bicyclic) bond motifs is 7. The van der Waals surface area contributed by atoms with Crippen molar-refractivity contribution >= 4 is 11.6 Å². The highest BCUT2D eigenvalue weighted by Gasteiger charge is 2.75. The van der Waals surface area contributed by atoms with Crippen LogP contribution in [-0.2, 0) is 23.8 Å². The second-order valence-electron chi connectivity index (χ2n) is 9.69. The molecule has 0 aromatic heterocycles. The van der Waals surface area contributed by atoms with Crippen LogP contribution in [0.2, 0.25) is 0 Å². The highest BCUT2D eigenvalue weighted by Crippen LogP contribution is 2.59. The van der Waals surface area contributed by atoms with E-state index in [1.54, 1.807) is 0 Å². The summed E-state index contributed by atoms with van der Waals surface area (Å²) in [6.07, 6.45) is -1.25. The average Bonchev–Trinajstić information content (AvgIpc) is 3.41. The maximum Gasteiger partial charge on any atom is 0.229 e. The molecule has 6 aliphatic heterocycles. The SMILES string of the molecule is COC1=C(C)C(=O)C2(O)C(=C3C(O)O[C@@H]4[C@H]5C[C@H]6[C@H]([C@H]([C@@H]2N2CCO[C@@H]62)N34)N5C)C1=O. The molecule has 9 atom stereocenters. The maximum absolute atomic E-state index is 13.7. The van der Waals surface area contributed by atoms with Gasteiger partial charge in [0.15, 0.2) is 23.4 Å². The summed E-state index contributed by atoms with van der Waals surface area (Å²) < 4.78 is 17.4. The first-order valence-corrected chi connectivity index (χ1v) is 10.8. The number of aliphatic hydroxyl groups excluding tert-OH is 1. The maximum atomic E-state index is 13.7. The number of nitrogens with zero attached hydrogens (tertiary/aromatic N) is 3. The van der Waals surface area contributed by atoms with Crippen molar-refractivity contribution in [1.82, 2.24) is 14.7 Å². The number of hydrogen-bond donors (Lipinski definition) is 2. The van der Waals surface area contributed by atoms with Crippen LogP contribution in [0, 0.1) is 5.92 Å². The third-order valence-corrected chi connectivity index (χ3v) is 8.74. The van der Waals surface area contributed by atoms with Crippen molar-refractivity contribution in [1.29, 1.82) is 0 Å². The van der Waals surface area contributed by atoms with E-state index in [9.17, 15) is 19.8 Å². The number of methoxy groups -OCH3 is 1. The second kappa shape index (κ2) is 5.56. The van der Waals surface area contributed by atoms with Crippen LogP contribution < -0.4 is 0 Å². The number of allylic oxidation sites excluding steroid dienone is 1. The molecule has 2 N–H and O–H groups in total. The molecule has 166 valence electrons. The average molecular weight is 431 g/mol. The van der Waals surface area contributed by atoms with E-state index >= 15 is 0 Å². The quantitative estimate of drug-likeness (QED) is 0.491. The van der Waals surface area contributed by atoms with Crippen LogP contribution in [-0.4, -0.2) is 112 Å². The fourth-order valence-electron chi connectivity index (χ4n) is 7.74. The minimum absolute atomic E-state index is 0.0103. The molecule has 0 aromatic carbocycles. The van der Waals surface area contributed by atoms with Gasteiger partial charge in [0.2, 0.25) is 5.78 Å². The van der Waals surface area contributed by atoms with Crippen molar-refractivity contribution in [2.24, 2.45) is 5.92 Å². The van der Waals surface area contributed by atoms with E-state index < -0.39 is 35.7 Å². The summed E-state index contributed by atoms with van der Waals surface area (Å²) >= 11 is 0. The highest BCUT2D eigenvalue weighted by molar-refractivity contribution is 6.24. The Hall–Kier alpha value is -1.82. The van der Waals surface area contributed by atoms with Gasteiger partial charge in [-0.3, -0.25) is 19.4 Å². The molecular weight excluding hydrogens is 406 g/mol. The Morgan fingerprint density at radius 1 is 1.23 bits per heavy atom. The normalized spacial score (nSPS) is 50.4. The number of piperidine rings is 1. The summed E-state index contributed by atoms with van der Waals surface area (Å²) in [6.45, 7) is 2.59. The van der Waals surface area contributed by atoms with Gasteiger partial charge in [0.25, 0.3) is 0 Å². The molecule has 7 aliphatic rings. The zero-order valence-corrected chi connectivity index (χ0v) is 17.5. The number of ketones is 2. The van der Waals surface area contributed by atoms with Gasteiger partial charge in [-0.2, -0.15) is 0 Å². The Balaban J connectivity index is 1.56. The molecule has 7 rings (SSSR count). The van der Waals surface area contributed by atoms with Gasteiger partial charge in [-0.25, -0.2) is 0 Å². The Bertz CT molecular complexity index is 1010. The Kier molecular flexibility index (Phi) is 3.36. The Labute approximate surface area is 178 Å². The number of ether oxygens (including phenoxy) is 3. The number of piperazine rings is 1. The van der Waals surface area contributed by atoms with Crippen molar-refractivity contribution in [3.63, 3.8) is 0 Å². The molecule has 2 bridgehead atoms. The lowest BCUT2D eigenvalue weighted by atomic mass is 9.63. The number of carbonyl (C=O) groups excluding carboxylic acids is 2. The van der Waals surface area contributed by atoms with E-state index in [4.69, 9.17) is 14.2 Å². The molecule has 2 unspecified atom stereocenters. The molecule has 0 aromatic rings. The van der Waals surface area contributed by atoms with Crippen LogP contribution in [0.5, 0.6) is 0 Å². The third kappa shape index (κ3) is 1.78. The third-order valence-electron chi connectivity index (χ3n) is 8.74. The fourth-order valence-corrected chi connectivity index (χ4v) is 7.74. The standard InChI is InChI=1S/C21H25N3O7/c1-7-15(29-3)14(25)10-12-20(27)31-19-9-6-8-11(22(9)2)13(24(12)19)16(21(10,28)17(7)26)23-4-5-30-18(8)23/h8-9,11,13,16,18-20,27-28H,4-6H2,1-3H3/t8-,9+,11+,13+,16-,18-,19+,20?,21?/m0/s1. The molecule has 10 nitrogen and oxygen atoms in total. The number of carbonyl (C=O) groups is 2. The summed E-state index contributed by atoms with van der Waals surface area (Å²) in [5.74, 6) is -1.02. The fraction of sp³-hybridized carbons (Fsp3) is 0.714. The predicted molar refractivity (Wildman–Crippen MR) is 102 cm³/mol. The molecular formula is C21H25N3O7. The van der Waals surface area contributed by atoms with Crippen LogP contribution in [0.1, 0.15) is 13.3 Å². The first-order chi connectivity index (χ1) is 14.8. The Morgan fingerprint density at radius 3 is 2.74 bits per heavy atom. The lowest BCUT2D eigenvalue weighted by Crippen LogP contribution is -2.81. The van der Waals surface area contributed by atoms with Gasteiger partial charge in [0.05, 0.1) is 43.1 Å². The molecule has 5 saturated heterocycles. The lowest BCUT2D eigenvalue weighted by molar-refractivity contribution is -0.197. The lowest BCUT2D eigenvalue weighted by Gasteiger charge is -2.62. The molecule has 1 aliphatic carbocycles. The van der Waals surface area contributed by atoms with Crippen molar-refractivity contribution in [2.45, 2.75) is 61.9 Å². The Morgan fingerprint density at radius 2 is 2.00 bits per heavy atom. The van der Waals surface area contributed by atoms with Gasteiger partial charge in [-0.1, -0.05) is 0 Å². The summed E-state index contributed by atoms with van der Waals surface area (Å²) in [5.41, 5.74) is -1.89. The van der Waals surface area contributed by atoms with Gasteiger partial charge in [-0.05, 0) is 20.4 Å². The van der Waals surface area contributed by atoms with Gasteiger partial charge in [-0.15, -0.1) is 0 Å². The van der Waals surface area contributed by atoms with E-state index in [2.05, 4.69) is 9.80 Å².